The van der Waals surface area contributed by atoms with E-state index in [1.165, 1.54) is 0 Å². The second-order valence-electron chi connectivity index (χ2n) is 1.34. The van der Waals surface area contributed by atoms with Crippen molar-refractivity contribution in [3.63, 3.8) is 0 Å². The highest BCUT2D eigenvalue weighted by Gasteiger charge is 1.69. The van der Waals surface area contributed by atoms with Gasteiger partial charge in [0.1, 0.15) is 0 Å². The number of hydrogen-bond acceptors (Lipinski definition) is 4. The highest BCUT2D eigenvalue weighted by atomic mass is 15.2. The molecular weight excluding hydrogens is 152 g/mol. The van der Waals surface area contributed by atoms with Gasteiger partial charge in [0, 0.05) is 0 Å². The van der Waals surface area contributed by atoms with E-state index >= 15 is 0 Å². The lowest BCUT2D eigenvalue weighted by Gasteiger charge is -1.79. The molecule has 76 valence electrons. The standard InChI is InChI=1S/C5H12N4.3CH4/c1-3-6-8-5-9-7-4-2;;;/h3-5H2,1-2H3;3*1H4. The molecule has 0 atom stereocenters. The van der Waals surface area contributed by atoms with Crippen molar-refractivity contribution in [3.05, 3.63) is 0 Å². The molecule has 0 radical (unpaired) electrons. The van der Waals surface area contributed by atoms with Gasteiger partial charge in [-0.3, -0.25) is 0 Å². The van der Waals surface area contributed by atoms with E-state index in [-0.39, 0.29) is 22.3 Å². The lowest BCUT2D eigenvalue weighted by Crippen LogP contribution is -1.71. The van der Waals surface area contributed by atoms with Gasteiger partial charge in [-0.2, -0.15) is 20.5 Å². The molecule has 0 aromatic heterocycles. The van der Waals surface area contributed by atoms with Gasteiger partial charge in [-0.05, 0) is 13.8 Å². The molecule has 0 aliphatic rings. The molecule has 0 heterocycles. The molecule has 0 spiro atoms. The maximum absolute atomic E-state index is 3.71. The van der Waals surface area contributed by atoms with E-state index in [0.717, 1.165) is 13.1 Å². The molecule has 0 saturated carbocycles. The summed E-state index contributed by atoms with van der Waals surface area (Å²) >= 11 is 0. The number of hydrogen-bond donors (Lipinski definition) is 0. The molecule has 4 nitrogen and oxygen atoms in total. The van der Waals surface area contributed by atoms with Crippen LogP contribution in [-0.2, 0) is 0 Å². The Kier molecular flexibility index (Phi) is 42.1. The Morgan fingerprint density at radius 1 is 0.667 bits per heavy atom. The lowest BCUT2D eigenvalue weighted by atomic mass is 10.8. The summed E-state index contributed by atoms with van der Waals surface area (Å²) in [5.41, 5.74) is 0. The molecule has 12 heavy (non-hydrogen) atoms. The predicted molar refractivity (Wildman–Crippen MR) is 55.9 cm³/mol. The van der Waals surface area contributed by atoms with Crippen LogP contribution >= 0.6 is 0 Å². The Labute approximate surface area is 77.2 Å². The average Bonchev–Trinajstić information content (AvgIpc) is 1.89. The van der Waals surface area contributed by atoms with Gasteiger partial charge in [0.15, 0.2) is 6.67 Å². The van der Waals surface area contributed by atoms with Crippen LogP contribution in [-0.4, -0.2) is 19.8 Å². The fourth-order valence-corrected chi connectivity index (χ4v) is 0.318. The fourth-order valence-electron chi connectivity index (χ4n) is 0.318. The summed E-state index contributed by atoms with van der Waals surface area (Å²) in [6, 6.07) is 0. The molecule has 0 N–H and O–H groups in total. The predicted octanol–water partition coefficient (Wildman–Crippen LogP) is 3.80. The minimum absolute atomic E-state index is 0. The lowest BCUT2D eigenvalue weighted by molar-refractivity contribution is 0.818. The third kappa shape index (κ3) is 22.9. The summed E-state index contributed by atoms with van der Waals surface area (Å²) in [7, 11) is 0. The normalized spacial score (nSPS) is 8.83. The Morgan fingerprint density at radius 3 is 1.25 bits per heavy atom. The summed E-state index contributed by atoms with van der Waals surface area (Å²) < 4.78 is 0. The molecule has 0 aromatic carbocycles. The maximum atomic E-state index is 3.71. The van der Waals surface area contributed by atoms with Gasteiger partial charge in [-0.15, -0.1) is 0 Å². The molecule has 0 fully saturated rings. The smallest absolute Gasteiger partial charge is 0.170 e. The molecule has 0 unspecified atom stereocenters. The minimum Gasteiger partial charge on any atom is -0.193 e. The highest BCUT2D eigenvalue weighted by Crippen LogP contribution is 1.78. The minimum atomic E-state index is 0. The third-order valence-electron chi connectivity index (χ3n) is 0.609. The molecule has 4 heteroatoms. The molecular formula is C8H24N4. The van der Waals surface area contributed by atoms with Gasteiger partial charge < -0.3 is 0 Å². The Morgan fingerprint density at radius 2 is 1.00 bits per heavy atom. The quantitative estimate of drug-likeness (QED) is 0.585. The van der Waals surface area contributed by atoms with E-state index in [9.17, 15) is 0 Å². The van der Waals surface area contributed by atoms with Crippen LogP contribution in [0.15, 0.2) is 20.5 Å². The topological polar surface area (TPSA) is 49.4 Å². The van der Waals surface area contributed by atoms with Crippen molar-refractivity contribution >= 4 is 0 Å². The van der Waals surface area contributed by atoms with Crippen LogP contribution in [0.3, 0.4) is 0 Å². The zero-order chi connectivity index (χ0) is 6.95. The molecule has 0 bridgehead atoms. The SMILES string of the molecule is C.C.C.CCN=NCN=NCC. The zero-order valence-electron chi connectivity index (χ0n) is 5.91. The van der Waals surface area contributed by atoms with Crippen LogP contribution in [0.4, 0.5) is 0 Å². The second-order valence-corrected chi connectivity index (χ2v) is 1.34. The van der Waals surface area contributed by atoms with Crippen LogP contribution in [0.2, 0.25) is 0 Å². The van der Waals surface area contributed by atoms with Crippen LogP contribution in [0.25, 0.3) is 0 Å². The molecule has 0 saturated heterocycles. The summed E-state index contributed by atoms with van der Waals surface area (Å²) in [6.45, 7) is 5.69. The Bertz CT molecular complexity index is 87.2. The largest absolute Gasteiger partial charge is 0.193 e. The third-order valence-corrected chi connectivity index (χ3v) is 0.609. The van der Waals surface area contributed by atoms with Gasteiger partial charge in [-0.1, -0.05) is 22.3 Å². The number of nitrogens with zero attached hydrogens (tertiary/aromatic N) is 4. The van der Waals surface area contributed by atoms with E-state index in [4.69, 9.17) is 0 Å². The van der Waals surface area contributed by atoms with Crippen molar-refractivity contribution in [2.75, 3.05) is 19.8 Å². The van der Waals surface area contributed by atoms with E-state index in [2.05, 4.69) is 20.5 Å². The summed E-state index contributed by atoms with van der Waals surface area (Å²) in [4.78, 5) is 0. The summed E-state index contributed by atoms with van der Waals surface area (Å²) in [5, 5.41) is 14.8. The van der Waals surface area contributed by atoms with Crippen LogP contribution in [0.1, 0.15) is 36.1 Å². The van der Waals surface area contributed by atoms with Crippen molar-refractivity contribution in [1.29, 1.82) is 0 Å². The maximum Gasteiger partial charge on any atom is 0.170 e. The first kappa shape index (κ1) is 22.5. The summed E-state index contributed by atoms with van der Waals surface area (Å²) in [5.74, 6) is 0. The first-order chi connectivity index (χ1) is 4.41. The van der Waals surface area contributed by atoms with Crippen molar-refractivity contribution in [2.24, 2.45) is 20.5 Å². The van der Waals surface area contributed by atoms with Crippen LogP contribution in [0.5, 0.6) is 0 Å². The van der Waals surface area contributed by atoms with Crippen molar-refractivity contribution in [2.45, 2.75) is 36.1 Å². The number of rotatable bonds is 4. The van der Waals surface area contributed by atoms with E-state index in [0.29, 0.717) is 6.67 Å². The van der Waals surface area contributed by atoms with Crippen molar-refractivity contribution in [1.82, 2.24) is 0 Å². The number of azo groups is 2. The monoisotopic (exact) mass is 176 g/mol. The van der Waals surface area contributed by atoms with E-state index < -0.39 is 0 Å². The van der Waals surface area contributed by atoms with E-state index in [1.54, 1.807) is 0 Å². The Balaban J connectivity index is -0.000000107. The molecule has 0 rings (SSSR count). The Hall–Kier alpha value is -0.800. The van der Waals surface area contributed by atoms with Crippen LogP contribution in [0, 0.1) is 0 Å². The first-order valence-corrected chi connectivity index (χ1v) is 3.08. The first-order valence-electron chi connectivity index (χ1n) is 3.08. The average molecular weight is 176 g/mol. The van der Waals surface area contributed by atoms with Crippen molar-refractivity contribution in [3.8, 4) is 0 Å². The van der Waals surface area contributed by atoms with Gasteiger partial charge in [0.2, 0.25) is 0 Å². The van der Waals surface area contributed by atoms with Gasteiger partial charge in [-0.25, -0.2) is 0 Å². The molecule has 0 aromatic rings. The molecule has 0 aliphatic carbocycles. The van der Waals surface area contributed by atoms with Gasteiger partial charge in [0.05, 0.1) is 13.1 Å². The van der Waals surface area contributed by atoms with Gasteiger partial charge in [0.25, 0.3) is 0 Å². The van der Waals surface area contributed by atoms with E-state index in [1.807, 2.05) is 13.8 Å². The molecule has 0 aliphatic heterocycles. The zero-order valence-corrected chi connectivity index (χ0v) is 5.91. The fraction of sp³-hybridized carbons (Fsp3) is 1.00. The van der Waals surface area contributed by atoms with Crippen LogP contribution < -0.4 is 0 Å². The van der Waals surface area contributed by atoms with Gasteiger partial charge >= 0.3 is 0 Å². The van der Waals surface area contributed by atoms with Crippen molar-refractivity contribution < 1.29 is 0 Å². The summed E-state index contributed by atoms with van der Waals surface area (Å²) in [6.07, 6.45) is 0. The highest BCUT2D eigenvalue weighted by molar-refractivity contribution is 4.31. The second kappa shape index (κ2) is 22.5. The molecule has 0 amide bonds.